The van der Waals surface area contributed by atoms with Crippen LogP contribution in [0.5, 0.6) is 0 Å². The Morgan fingerprint density at radius 1 is 1.05 bits per heavy atom. The van der Waals surface area contributed by atoms with Crippen LogP contribution < -0.4 is 0 Å². The summed E-state index contributed by atoms with van der Waals surface area (Å²) in [6, 6.07) is 0.480. The second kappa shape index (κ2) is 9.35. The second-order valence-electron chi connectivity index (χ2n) is 6.89. The molecule has 0 radical (unpaired) electrons. The molecular formula is C16H34N2O. The molecule has 0 spiro atoms. The third-order valence-corrected chi connectivity index (χ3v) is 3.38. The maximum Gasteiger partial charge on any atom is 0.236 e. The summed E-state index contributed by atoms with van der Waals surface area (Å²) in [4.78, 5) is 15.7. The summed E-state index contributed by atoms with van der Waals surface area (Å²) in [5.74, 6) is 1.93. The molecule has 1 saturated carbocycles. The zero-order chi connectivity index (χ0) is 15.0. The van der Waals surface area contributed by atoms with Crippen LogP contribution in [0.4, 0.5) is 0 Å². The van der Waals surface area contributed by atoms with E-state index in [0.717, 1.165) is 11.8 Å². The maximum absolute atomic E-state index is 11.8. The number of hydrogen-bond acceptors (Lipinski definition) is 2. The third kappa shape index (κ3) is 9.04. The van der Waals surface area contributed by atoms with Crippen molar-refractivity contribution in [3.63, 3.8) is 0 Å². The van der Waals surface area contributed by atoms with Gasteiger partial charge in [-0.1, -0.05) is 27.7 Å². The van der Waals surface area contributed by atoms with Crippen LogP contribution in [0.25, 0.3) is 0 Å². The molecule has 0 aromatic heterocycles. The van der Waals surface area contributed by atoms with Crippen molar-refractivity contribution in [2.75, 3.05) is 27.7 Å². The Kier molecular flexibility index (Phi) is 9.07. The van der Waals surface area contributed by atoms with Gasteiger partial charge in [-0.3, -0.25) is 4.79 Å². The zero-order valence-corrected chi connectivity index (χ0v) is 14.1. The van der Waals surface area contributed by atoms with Crippen LogP contribution >= 0.6 is 0 Å². The number of amides is 1. The van der Waals surface area contributed by atoms with E-state index in [1.807, 2.05) is 30.9 Å². The molecule has 0 bridgehead atoms. The maximum atomic E-state index is 11.8. The SMILES string of the molecule is CC(C)C.CC1CCC(N(C)C(=O)CN(C)C)CC1. The monoisotopic (exact) mass is 270 g/mol. The Balaban J connectivity index is 0.000000711. The van der Waals surface area contributed by atoms with Gasteiger partial charge in [-0.15, -0.1) is 0 Å². The Hall–Kier alpha value is -0.570. The number of hydrogen-bond donors (Lipinski definition) is 0. The van der Waals surface area contributed by atoms with E-state index in [0.29, 0.717) is 12.6 Å². The van der Waals surface area contributed by atoms with Crippen LogP contribution in [-0.4, -0.2) is 49.4 Å². The quantitative estimate of drug-likeness (QED) is 0.786. The summed E-state index contributed by atoms with van der Waals surface area (Å²) < 4.78 is 0. The minimum Gasteiger partial charge on any atom is -0.342 e. The lowest BCUT2D eigenvalue weighted by atomic mass is 9.87. The molecule has 0 aliphatic heterocycles. The summed E-state index contributed by atoms with van der Waals surface area (Å²) in [7, 11) is 5.83. The predicted octanol–water partition coefficient (Wildman–Crippen LogP) is 3.25. The summed E-state index contributed by atoms with van der Waals surface area (Å²) in [6.07, 6.45) is 4.89. The van der Waals surface area contributed by atoms with Gasteiger partial charge in [0.25, 0.3) is 0 Å². The van der Waals surface area contributed by atoms with Crippen molar-refractivity contribution < 1.29 is 4.79 Å². The summed E-state index contributed by atoms with van der Waals surface area (Å²) >= 11 is 0. The highest BCUT2D eigenvalue weighted by molar-refractivity contribution is 5.78. The highest BCUT2D eigenvalue weighted by atomic mass is 16.2. The van der Waals surface area contributed by atoms with Crippen molar-refractivity contribution in [1.29, 1.82) is 0 Å². The Morgan fingerprint density at radius 3 is 1.84 bits per heavy atom. The van der Waals surface area contributed by atoms with Crippen molar-refractivity contribution in [3.8, 4) is 0 Å². The highest BCUT2D eigenvalue weighted by Crippen LogP contribution is 2.26. The fraction of sp³-hybridized carbons (Fsp3) is 0.938. The van der Waals surface area contributed by atoms with E-state index in [9.17, 15) is 4.79 Å². The minimum absolute atomic E-state index is 0.250. The van der Waals surface area contributed by atoms with Crippen LogP contribution in [0.2, 0.25) is 0 Å². The average Bonchev–Trinajstić information content (AvgIpc) is 2.27. The molecule has 1 rings (SSSR count). The molecule has 0 N–H and O–H groups in total. The van der Waals surface area contributed by atoms with Crippen LogP contribution in [0.3, 0.4) is 0 Å². The summed E-state index contributed by atoms with van der Waals surface area (Å²) in [5.41, 5.74) is 0. The Bertz CT molecular complexity index is 240. The zero-order valence-electron chi connectivity index (χ0n) is 14.1. The summed E-state index contributed by atoms with van der Waals surface area (Å²) in [5, 5.41) is 0. The lowest BCUT2D eigenvalue weighted by molar-refractivity contribution is -0.133. The molecule has 1 aliphatic rings. The Labute approximate surface area is 120 Å². The van der Waals surface area contributed by atoms with Gasteiger partial charge in [0, 0.05) is 13.1 Å². The number of rotatable bonds is 3. The van der Waals surface area contributed by atoms with E-state index in [4.69, 9.17) is 0 Å². The van der Waals surface area contributed by atoms with E-state index in [1.165, 1.54) is 25.7 Å². The van der Waals surface area contributed by atoms with E-state index >= 15 is 0 Å². The fourth-order valence-electron chi connectivity index (χ4n) is 2.22. The molecular weight excluding hydrogens is 236 g/mol. The first-order chi connectivity index (χ1) is 8.73. The first-order valence-electron chi connectivity index (χ1n) is 7.64. The van der Waals surface area contributed by atoms with Gasteiger partial charge >= 0.3 is 0 Å². The van der Waals surface area contributed by atoms with Crippen LogP contribution in [-0.2, 0) is 4.79 Å². The largest absolute Gasteiger partial charge is 0.342 e. The lowest BCUT2D eigenvalue weighted by Crippen LogP contribution is -2.43. The molecule has 0 heterocycles. The van der Waals surface area contributed by atoms with Crippen molar-refractivity contribution in [1.82, 2.24) is 9.80 Å². The van der Waals surface area contributed by atoms with Gasteiger partial charge in [-0.05, 0) is 51.6 Å². The second-order valence-corrected chi connectivity index (χ2v) is 6.89. The number of likely N-dealkylation sites (N-methyl/N-ethyl adjacent to an activating group) is 2. The lowest BCUT2D eigenvalue weighted by Gasteiger charge is -2.34. The molecule has 19 heavy (non-hydrogen) atoms. The van der Waals surface area contributed by atoms with Crippen LogP contribution in [0, 0.1) is 11.8 Å². The first kappa shape index (κ1) is 18.4. The van der Waals surface area contributed by atoms with Crippen molar-refractivity contribution in [2.24, 2.45) is 11.8 Å². The third-order valence-electron chi connectivity index (χ3n) is 3.38. The molecule has 0 unspecified atom stereocenters. The van der Waals surface area contributed by atoms with Crippen molar-refractivity contribution >= 4 is 5.91 Å². The van der Waals surface area contributed by atoms with Gasteiger partial charge in [0.1, 0.15) is 0 Å². The molecule has 1 fully saturated rings. The van der Waals surface area contributed by atoms with Gasteiger partial charge in [-0.25, -0.2) is 0 Å². The van der Waals surface area contributed by atoms with E-state index in [1.54, 1.807) is 0 Å². The number of nitrogens with zero attached hydrogens (tertiary/aromatic N) is 2. The fourth-order valence-corrected chi connectivity index (χ4v) is 2.22. The molecule has 0 saturated heterocycles. The van der Waals surface area contributed by atoms with E-state index < -0.39 is 0 Å². The van der Waals surface area contributed by atoms with Gasteiger partial charge in [0.05, 0.1) is 6.54 Å². The molecule has 3 nitrogen and oxygen atoms in total. The normalized spacial score (nSPS) is 23.0. The molecule has 0 atom stereocenters. The van der Waals surface area contributed by atoms with E-state index in [-0.39, 0.29) is 5.91 Å². The minimum atomic E-state index is 0.250. The van der Waals surface area contributed by atoms with Crippen LogP contribution in [0.15, 0.2) is 0 Å². The molecule has 114 valence electrons. The standard InChI is InChI=1S/C12H24N2O.C4H10/c1-10-5-7-11(8-6-10)14(4)12(15)9-13(2)3;1-4(2)3/h10-11H,5-9H2,1-4H3;4H,1-3H3. The molecule has 3 heteroatoms. The van der Waals surface area contributed by atoms with Crippen molar-refractivity contribution in [2.45, 2.75) is 59.4 Å². The van der Waals surface area contributed by atoms with Crippen molar-refractivity contribution in [3.05, 3.63) is 0 Å². The molecule has 1 aliphatic carbocycles. The number of carbonyl (C=O) groups excluding carboxylic acids is 1. The highest BCUT2D eigenvalue weighted by Gasteiger charge is 2.24. The Morgan fingerprint density at radius 2 is 1.47 bits per heavy atom. The van der Waals surface area contributed by atoms with Gasteiger partial charge in [0.2, 0.25) is 5.91 Å². The molecule has 1 amide bonds. The van der Waals surface area contributed by atoms with Gasteiger partial charge in [0.15, 0.2) is 0 Å². The smallest absolute Gasteiger partial charge is 0.236 e. The molecule has 0 aromatic carbocycles. The summed E-state index contributed by atoms with van der Waals surface area (Å²) in [6.45, 7) is 9.33. The first-order valence-corrected chi connectivity index (χ1v) is 7.64. The predicted molar refractivity (Wildman–Crippen MR) is 83.3 cm³/mol. The van der Waals surface area contributed by atoms with Crippen LogP contribution in [0.1, 0.15) is 53.4 Å². The topological polar surface area (TPSA) is 23.6 Å². The number of carbonyl (C=O) groups is 1. The van der Waals surface area contributed by atoms with Gasteiger partial charge in [-0.2, -0.15) is 0 Å². The molecule has 0 aromatic rings. The van der Waals surface area contributed by atoms with Gasteiger partial charge < -0.3 is 9.80 Å². The van der Waals surface area contributed by atoms with E-state index in [2.05, 4.69) is 27.7 Å². The average molecular weight is 270 g/mol.